The third kappa shape index (κ3) is 2.60. The van der Waals surface area contributed by atoms with Gasteiger partial charge in [0.15, 0.2) is 11.5 Å². The van der Waals surface area contributed by atoms with E-state index in [4.69, 9.17) is 4.74 Å². The lowest BCUT2D eigenvalue weighted by Crippen LogP contribution is -2.18. The average molecular weight is 259 g/mol. The van der Waals surface area contributed by atoms with Crippen molar-refractivity contribution in [2.75, 3.05) is 18.5 Å². The minimum Gasteiger partial charge on any atom is -0.490 e. The van der Waals surface area contributed by atoms with Crippen LogP contribution < -0.4 is 10.1 Å². The van der Waals surface area contributed by atoms with E-state index >= 15 is 0 Å². The molecule has 0 radical (unpaired) electrons. The van der Waals surface area contributed by atoms with Gasteiger partial charge in [0, 0.05) is 13.0 Å². The van der Waals surface area contributed by atoms with Crippen LogP contribution in [0.5, 0.6) is 5.75 Å². The van der Waals surface area contributed by atoms with E-state index < -0.39 is 0 Å². The Morgan fingerprint density at radius 1 is 1.32 bits per heavy atom. The molecule has 1 heterocycles. The molecule has 0 spiro atoms. The Bertz CT molecular complexity index is 490. The third-order valence-electron chi connectivity index (χ3n) is 4.17. The monoisotopic (exact) mass is 259 g/mol. The first-order valence-corrected chi connectivity index (χ1v) is 7.28. The highest BCUT2D eigenvalue weighted by atomic mass is 16.5. The molecule has 1 aromatic carbocycles. The molecule has 0 amide bonds. The second kappa shape index (κ2) is 5.24. The van der Waals surface area contributed by atoms with E-state index in [1.54, 1.807) is 0 Å². The zero-order chi connectivity index (χ0) is 13.2. The molecule has 1 aliphatic heterocycles. The molecule has 3 heteroatoms. The molecule has 3 rings (SSSR count). The van der Waals surface area contributed by atoms with Crippen LogP contribution in [0.25, 0.3) is 0 Å². The Kier molecular flexibility index (Phi) is 3.45. The van der Waals surface area contributed by atoms with Crippen molar-refractivity contribution in [3.63, 3.8) is 0 Å². The fourth-order valence-corrected chi connectivity index (χ4v) is 3.12. The number of aryl methyl sites for hydroxylation is 1. The van der Waals surface area contributed by atoms with Gasteiger partial charge in [0.2, 0.25) is 0 Å². The van der Waals surface area contributed by atoms with Crippen LogP contribution >= 0.6 is 0 Å². The number of anilines is 1. The van der Waals surface area contributed by atoms with E-state index in [0.29, 0.717) is 13.0 Å². The van der Waals surface area contributed by atoms with Crippen molar-refractivity contribution >= 4 is 11.5 Å². The number of carbonyl (C=O) groups is 1. The van der Waals surface area contributed by atoms with Crippen molar-refractivity contribution in [1.29, 1.82) is 0 Å². The van der Waals surface area contributed by atoms with Crippen molar-refractivity contribution in [2.45, 2.75) is 39.0 Å². The van der Waals surface area contributed by atoms with Crippen molar-refractivity contribution < 1.29 is 9.53 Å². The van der Waals surface area contributed by atoms with E-state index in [9.17, 15) is 4.79 Å². The summed E-state index contributed by atoms with van der Waals surface area (Å²) in [6, 6.07) is 4.03. The van der Waals surface area contributed by atoms with Gasteiger partial charge < -0.3 is 10.1 Å². The molecular formula is C16H21NO2. The van der Waals surface area contributed by atoms with Crippen LogP contribution in [0.3, 0.4) is 0 Å². The molecule has 0 unspecified atom stereocenters. The second-order valence-electron chi connectivity index (χ2n) is 5.74. The van der Waals surface area contributed by atoms with Crippen LogP contribution in [-0.4, -0.2) is 18.9 Å². The minimum absolute atomic E-state index is 0.203. The average Bonchev–Trinajstić information content (AvgIpc) is 2.90. The Hall–Kier alpha value is -1.51. The van der Waals surface area contributed by atoms with Gasteiger partial charge in [-0.1, -0.05) is 12.8 Å². The Morgan fingerprint density at radius 3 is 2.89 bits per heavy atom. The summed E-state index contributed by atoms with van der Waals surface area (Å²) in [7, 11) is 0. The predicted molar refractivity (Wildman–Crippen MR) is 76.1 cm³/mol. The summed E-state index contributed by atoms with van der Waals surface area (Å²) in [5.74, 6) is 1.74. The molecule has 102 valence electrons. The highest BCUT2D eigenvalue weighted by Crippen LogP contribution is 2.35. The number of nitrogens with one attached hydrogen (secondary N) is 1. The summed E-state index contributed by atoms with van der Waals surface area (Å²) in [6.45, 7) is 3.53. The second-order valence-corrected chi connectivity index (χ2v) is 5.74. The van der Waals surface area contributed by atoms with Crippen LogP contribution in [0.15, 0.2) is 12.1 Å². The lowest BCUT2D eigenvalue weighted by atomic mass is 10.0. The first kappa shape index (κ1) is 12.5. The van der Waals surface area contributed by atoms with Crippen molar-refractivity contribution in [3.8, 4) is 5.75 Å². The van der Waals surface area contributed by atoms with E-state index in [-0.39, 0.29) is 5.78 Å². The number of carbonyl (C=O) groups excluding carboxylic acids is 1. The van der Waals surface area contributed by atoms with Gasteiger partial charge >= 0.3 is 0 Å². The number of Topliss-reactive ketones (excluding diaryl/α,β-unsaturated/α-hetero) is 1. The molecule has 0 atom stereocenters. The summed E-state index contributed by atoms with van der Waals surface area (Å²) >= 11 is 0. The molecule has 3 nitrogen and oxygen atoms in total. The number of fused-ring (bicyclic) bond motifs is 1. The lowest BCUT2D eigenvalue weighted by molar-refractivity contribution is 0.0934. The highest BCUT2D eigenvalue weighted by molar-refractivity contribution is 6.01. The van der Waals surface area contributed by atoms with Crippen LogP contribution in [0, 0.1) is 12.8 Å². The zero-order valence-electron chi connectivity index (χ0n) is 11.5. The van der Waals surface area contributed by atoms with Gasteiger partial charge in [-0.15, -0.1) is 0 Å². The first-order chi connectivity index (χ1) is 9.24. The molecule has 0 saturated heterocycles. The number of benzene rings is 1. The summed E-state index contributed by atoms with van der Waals surface area (Å²) < 4.78 is 5.71. The van der Waals surface area contributed by atoms with Crippen molar-refractivity contribution in [1.82, 2.24) is 0 Å². The Morgan fingerprint density at radius 2 is 2.11 bits per heavy atom. The summed E-state index contributed by atoms with van der Waals surface area (Å²) in [4.78, 5) is 11.9. The summed E-state index contributed by atoms with van der Waals surface area (Å²) in [6.07, 6.45) is 5.85. The van der Waals surface area contributed by atoms with E-state index in [1.807, 2.05) is 13.0 Å². The van der Waals surface area contributed by atoms with Crippen molar-refractivity contribution in [3.05, 3.63) is 23.3 Å². The van der Waals surface area contributed by atoms with Gasteiger partial charge in [0.25, 0.3) is 0 Å². The molecule has 1 N–H and O–H groups in total. The normalized spacial score (nSPS) is 19.1. The summed E-state index contributed by atoms with van der Waals surface area (Å²) in [5.41, 5.74) is 2.86. The van der Waals surface area contributed by atoms with Gasteiger partial charge in [-0.3, -0.25) is 4.79 Å². The van der Waals surface area contributed by atoms with Crippen LogP contribution in [0.1, 0.15) is 48.0 Å². The highest BCUT2D eigenvalue weighted by Gasteiger charge is 2.23. The van der Waals surface area contributed by atoms with E-state index in [1.165, 1.54) is 25.7 Å². The number of ketones is 1. The fourth-order valence-electron chi connectivity index (χ4n) is 3.12. The maximum absolute atomic E-state index is 11.9. The van der Waals surface area contributed by atoms with Gasteiger partial charge in [-0.05, 0) is 43.4 Å². The third-order valence-corrected chi connectivity index (χ3v) is 4.17. The zero-order valence-corrected chi connectivity index (χ0v) is 11.5. The fraction of sp³-hybridized carbons (Fsp3) is 0.562. The molecule has 2 aliphatic rings. The lowest BCUT2D eigenvalue weighted by Gasteiger charge is -2.22. The van der Waals surface area contributed by atoms with E-state index in [0.717, 1.165) is 35.0 Å². The van der Waals surface area contributed by atoms with Gasteiger partial charge in [0.05, 0.1) is 17.9 Å². The number of hydrogen-bond acceptors (Lipinski definition) is 3. The molecule has 1 aromatic rings. The first-order valence-electron chi connectivity index (χ1n) is 7.28. The van der Waals surface area contributed by atoms with Crippen molar-refractivity contribution in [2.24, 2.45) is 5.92 Å². The predicted octanol–water partition coefficient (Wildman–Crippen LogP) is 3.56. The number of ether oxygens (including phenoxy) is 1. The van der Waals surface area contributed by atoms with Gasteiger partial charge in [-0.2, -0.15) is 0 Å². The molecule has 1 fully saturated rings. The molecular weight excluding hydrogens is 238 g/mol. The van der Waals surface area contributed by atoms with Crippen LogP contribution in [-0.2, 0) is 0 Å². The van der Waals surface area contributed by atoms with Crippen LogP contribution in [0.4, 0.5) is 5.69 Å². The van der Waals surface area contributed by atoms with E-state index in [2.05, 4.69) is 11.4 Å². The molecule has 1 aliphatic carbocycles. The molecule has 19 heavy (non-hydrogen) atoms. The largest absolute Gasteiger partial charge is 0.490 e. The standard InChI is InChI=1S/C16H21NO2/c1-11-8-13-15(18)6-7-19-16(13)14(9-11)17-10-12-4-2-3-5-12/h8-9,12,17H,2-7,10H2,1H3. The Balaban J connectivity index is 1.81. The topological polar surface area (TPSA) is 38.3 Å². The van der Waals surface area contributed by atoms with Gasteiger partial charge in [0.1, 0.15) is 0 Å². The Labute approximate surface area is 114 Å². The smallest absolute Gasteiger partial charge is 0.170 e. The van der Waals surface area contributed by atoms with Gasteiger partial charge in [-0.25, -0.2) is 0 Å². The SMILES string of the molecule is Cc1cc(NCC2CCCC2)c2c(c1)C(=O)CCO2. The minimum atomic E-state index is 0.203. The maximum atomic E-state index is 11.9. The van der Waals surface area contributed by atoms with Crippen LogP contribution in [0.2, 0.25) is 0 Å². The number of hydrogen-bond donors (Lipinski definition) is 1. The maximum Gasteiger partial charge on any atom is 0.170 e. The molecule has 0 aromatic heterocycles. The number of rotatable bonds is 3. The summed E-state index contributed by atoms with van der Waals surface area (Å²) in [5, 5.41) is 3.50. The molecule has 1 saturated carbocycles. The quantitative estimate of drug-likeness (QED) is 0.902. The molecule has 0 bridgehead atoms.